The fourth-order valence-corrected chi connectivity index (χ4v) is 4.42. The highest BCUT2D eigenvalue weighted by Crippen LogP contribution is 2.25. The summed E-state index contributed by atoms with van der Waals surface area (Å²) in [6.07, 6.45) is 0.930. The predicted molar refractivity (Wildman–Crippen MR) is 115 cm³/mol. The molecular formula is C19H22Cl2N4O2S. The molecule has 6 nitrogen and oxygen atoms in total. The van der Waals surface area contributed by atoms with Crippen LogP contribution < -0.4 is 5.32 Å². The van der Waals surface area contributed by atoms with Crippen LogP contribution in [-0.2, 0) is 23.1 Å². The van der Waals surface area contributed by atoms with E-state index in [1.54, 1.807) is 30.3 Å². The first-order valence-electron chi connectivity index (χ1n) is 8.84. The van der Waals surface area contributed by atoms with Crippen LogP contribution in [0.5, 0.6) is 0 Å². The van der Waals surface area contributed by atoms with Crippen LogP contribution in [0.15, 0.2) is 41.3 Å². The van der Waals surface area contributed by atoms with Gasteiger partial charge in [-0.3, -0.25) is 0 Å². The first kappa shape index (κ1) is 20.9. The van der Waals surface area contributed by atoms with Gasteiger partial charge in [-0.25, -0.2) is 17.7 Å². The quantitative estimate of drug-likeness (QED) is 0.581. The summed E-state index contributed by atoms with van der Waals surface area (Å²) in [4.78, 5) is 4.91. The molecule has 0 aliphatic heterocycles. The van der Waals surface area contributed by atoms with E-state index in [1.807, 2.05) is 6.07 Å². The summed E-state index contributed by atoms with van der Waals surface area (Å²) >= 11 is 12.1. The number of fused-ring (bicyclic) bond motifs is 1. The standard InChI is InChI=1S/C19H22Cl2N4O2S/c1-4-7-25-18-6-5-16(28(26,27)24(2)3)11-17(18)23-19(25)12-22-15-9-13(20)8-14(21)10-15/h5-6,8-11,22H,4,7,12H2,1-3H3. The normalized spacial score (nSPS) is 12.1. The molecule has 28 heavy (non-hydrogen) atoms. The molecule has 3 rings (SSSR count). The Kier molecular flexibility index (Phi) is 6.19. The number of nitrogens with one attached hydrogen (secondary N) is 1. The molecule has 1 N–H and O–H groups in total. The first-order chi connectivity index (χ1) is 13.2. The van der Waals surface area contributed by atoms with Gasteiger partial charge in [0.05, 0.1) is 22.5 Å². The second-order valence-corrected chi connectivity index (χ2v) is 9.65. The van der Waals surface area contributed by atoms with E-state index in [0.717, 1.165) is 30.0 Å². The van der Waals surface area contributed by atoms with E-state index >= 15 is 0 Å². The highest BCUT2D eigenvalue weighted by atomic mass is 35.5. The van der Waals surface area contributed by atoms with Crippen LogP contribution in [0.4, 0.5) is 5.69 Å². The van der Waals surface area contributed by atoms with Crippen molar-refractivity contribution in [2.24, 2.45) is 0 Å². The first-order valence-corrected chi connectivity index (χ1v) is 11.0. The van der Waals surface area contributed by atoms with Crippen LogP contribution in [0, 0.1) is 0 Å². The smallest absolute Gasteiger partial charge is 0.242 e. The van der Waals surface area contributed by atoms with Gasteiger partial charge in [0.2, 0.25) is 10.0 Å². The third-order valence-electron chi connectivity index (χ3n) is 4.34. The van der Waals surface area contributed by atoms with Gasteiger partial charge in [-0.2, -0.15) is 0 Å². The Morgan fingerprint density at radius 1 is 1.11 bits per heavy atom. The van der Waals surface area contributed by atoms with Crippen molar-refractivity contribution in [1.82, 2.24) is 13.9 Å². The number of halogens is 2. The molecule has 0 atom stereocenters. The molecule has 0 aliphatic carbocycles. The van der Waals surface area contributed by atoms with Gasteiger partial charge < -0.3 is 9.88 Å². The maximum Gasteiger partial charge on any atom is 0.242 e. The van der Waals surface area contributed by atoms with E-state index in [-0.39, 0.29) is 4.90 Å². The van der Waals surface area contributed by atoms with Gasteiger partial charge in [-0.05, 0) is 42.8 Å². The summed E-state index contributed by atoms with van der Waals surface area (Å²) in [5.74, 6) is 0.812. The summed E-state index contributed by atoms with van der Waals surface area (Å²) in [7, 11) is -0.481. The van der Waals surface area contributed by atoms with Crippen molar-refractivity contribution in [2.45, 2.75) is 31.3 Å². The maximum absolute atomic E-state index is 12.4. The Morgan fingerprint density at radius 2 is 1.79 bits per heavy atom. The Morgan fingerprint density at radius 3 is 2.39 bits per heavy atom. The molecule has 0 saturated heterocycles. The van der Waals surface area contributed by atoms with Crippen molar-refractivity contribution < 1.29 is 8.42 Å². The third kappa shape index (κ3) is 4.27. The second-order valence-electron chi connectivity index (χ2n) is 6.63. The predicted octanol–water partition coefficient (Wildman–Crippen LogP) is 4.62. The SMILES string of the molecule is CCCn1c(CNc2cc(Cl)cc(Cl)c2)nc2cc(S(=O)(=O)N(C)C)ccc21. The number of benzene rings is 2. The molecule has 0 spiro atoms. The number of hydrogen-bond acceptors (Lipinski definition) is 4. The summed E-state index contributed by atoms with van der Waals surface area (Å²) in [5.41, 5.74) is 2.35. The van der Waals surface area contributed by atoms with E-state index in [2.05, 4.69) is 21.8 Å². The molecule has 0 unspecified atom stereocenters. The van der Waals surface area contributed by atoms with Crippen LogP contribution in [0.2, 0.25) is 10.0 Å². The van der Waals surface area contributed by atoms with Gasteiger partial charge in [-0.1, -0.05) is 30.1 Å². The summed E-state index contributed by atoms with van der Waals surface area (Å²) in [5, 5.41) is 4.39. The lowest BCUT2D eigenvalue weighted by molar-refractivity contribution is 0.521. The van der Waals surface area contributed by atoms with Crippen molar-refractivity contribution in [3.05, 3.63) is 52.3 Å². The summed E-state index contributed by atoms with van der Waals surface area (Å²) in [6, 6.07) is 10.3. The number of nitrogens with zero attached hydrogens (tertiary/aromatic N) is 3. The molecule has 1 heterocycles. The Bertz CT molecular complexity index is 1090. The molecule has 0 bridgehead atoms. The topological polar surface area (TPSA) is 67.2 Å². The number of imidazole rings is 1. The molecule has 9 heteroatoms. The molecule has 0 amide bonds. The summed E-state index contributed by atoms with van der Waals surface area (Å²) < 4.78 is 28.1. The Labute approximate surface area is 175 Å². The average Bonchev–Trinajstić information content (AvgIpc) is 2.96. The number of aromatic nitrogens is 2. The number of rotatable bonds is 7. The zero-order chi connectivity index (χ0) is 20.5. The van der Waals surface area contributed by atoms with Crippen LogP contribution in [0.3, 0.4) is 0 Å². The number of hydrogen-bond donors (Lipinski definition) is 1. The molecule has 0 aliphatic rings. The van der Waals surface area contributed by atoms with Crippen molar-refractivity contribution in [2.75, 3.05) is 19.4 Å². The second kappa shape index (κ2) is 8.29. The van der Waals surface area contributed by atoms with Gasteiger partial charge in [0.25, 0.3) is 0 Å². The summed E-state index contributed by atoms with van der Waals surface area (Å²) in [6.45, 7) is 3.33. The van der Waals surface area contributed by atoms with E-state index in [4.69, 9.17) is 23.2 Å². The van der Waals surface area contributed by atoms with Gasteiger partial charge in [0, 0.05) is 36.4 Å². The number of anilines is 1. The maximum atomic E-state index is 12.4. The molecule has 0 fully saturated rings. The van der Waals surface area contributed by atoms with Crippen molar-refractivity contribution in [3.63, 3.8) is 0 Å². The monoisotopic (exact) mass is 440 g/mol. The zero-order valence-electron chi connectivity index (χ0n) is 15.9. The van der Waals surface area contributed by atoms with E-state index in [0.29, 0.717) is 22.1 Å². The van der Waals surface area contributed by atoms with Crippen LogP contribution in [0.25, 0.3) is 11.0 Å². The van der Waals surface area contributed by atoms with Crippen LogP contribution >= 0.6 is 23.2 Å². The highest BCUT2D eigenvalue weighted by Gasteiger charge is 2.19. The van der Waals surface area contributed by atoms with E-state index in [9.17, 15) is 8.42 Å². The minimum Gasteiger partial charge on any atom is -0.378 e. The van der Waals surface area contributed by atoms with Gasteiger partial charge in [0.1, 0.15) is 5.82 Å². The molecule has 150 valence electrons. The lowest BCUT2D eigenvalue weighted by Gasteiger charge is -2.12. The average molecular weight is 441 g/mol. The molecule has 1 aromatic heterocycles. The van der Waals surface area contributed by atoms with Gasteiger partial charge in [-0.15, -0.1) is 0 Å². The lowest BCUT2D eigenvalue weighted by Crippen LogP contribution is -2.22. The van der Waals surface area contributed by atoms with Gasteiger partial charge in [0.15, 0.2) is 0 Å². The minimum atomic E-state index is -3.51. The lowest BCUT2D eigenvalue weighted by atomic mass is 10.3. The fraction of sp³-hybridized carbons (Fsp3) is 0.316. The van der Waals surface area contributed by atoms with E-state index in [1.165, 1.54) is 18.4 Å². The molecule has 0 saturated carbocycles. The third-order valence-corrected chi connectivity index (χ3v) is 6.59. The molecule has 3 aromatic rings. The highest BCUT2D eigenvalue weighted by molar-refractivity contribution is 7.89. The Balaban J connectivity index is 1.98. The molecule has 0 radical (unpaired) electrons. The number of sulfonamides is 1. The largest absolute Gasteiger partial charge is 0.378 e. The van der Waals surface area contributed by atoms with Crippen molar-refractivity contribution in [1.29, 1.82) is 0 Å². The van der Waals surface area contributed by atoms with Crippen LogP contribution in [-0.4, -0.2) is 36.4 Å². The van der Waals surface area contributed by atoms with Crippen molar-refractivity contribution >= 4 is 49.9 Å². The Hall–Kier alpha value is -1.80. The van der Waals surface area contributed by atoms with Crippen molar-refractivity contribution in [3.8, 4) is 0 Å². The van der Waals surface area contributed by atoms with Crippen LogP contribution in [0.1, 0.15) is 19.2 Å². The zero-order valence-corrected chi connectivity index (χ0v) is 18.2. The van der Waals surface area contributed by atoms with E-state index < -0.39 is 10.0 Å². The molecular weight excluding hydrogens is 419 g/mol. The molecule has 2 aromatic carbocycles. The number of aryl methyl sites for hydroxylation is 1. The van der Waals surface area contributed by atoms with Gasteiger partial charge >= 0.3 is 0 Å². The fourth-order valence-electron chi connectivity index (χ4n) is 2.98. The minimum absolute atomic E-state index is 0.229.